The van der Waals surface area contributed by atoms with Gasteiger partial charge in [-0.1, -0.05) is 0 Å². The number of halogens is 3. The SMILES string of the molecule is CCNC(=NCc1nc(C(F)(F)F)cs1)NCC(C)(C)N(C)C. The Hall–Kier alpha value is -1.35. The van der Waals surface area contributed by atoms with Crippen molar-refractivity contribution in [3.63, 3.8) is 0 Å². The van der Waals surface area contributed by atoms with Crippen molar-refractivity contribution in [3.05, 3.63) is 16.1 Å². The summed E-state index contributed by atoms with van der Waals surface area (Å²) in [5.41, 5.74) is -0.944. The van der Waals surface area contributed by atoms with E-state index in [9.17, 15) is 13.2 Å². The third kappa shape index (κ3) is 6.34. The van der Waals surface area contributed by atoms with Gasteiger partial charge in [-0.15, -0.1) is 11.3 Å². The molecule has 1 aromatic heterocycles. The molecule has 9 heteroatoms. The van der Waals surface area contributed by atoms with Gasteiger partial charge in [-0.2, -0.15) is 13.2 Å². The van der Waals surface area contributed by atoms with Crippen LogP contribution in [0.3, 0.4) is 0 Å². The maximum Gasteiger partial charge on any atom is 0.434 e. The first kappa shape index (κ1) is 19.7. The lowest BCUT2D eigenvalue weighted by atomic mass is 10.0. The van der Waals surface area contributed by atoms with E-state index in [2.05, 4.69) is 39.4 Å². The van der Waals surface area contributed by atoms with Gasteiger partial charge in [0, 0.05) is 24.0 Å². The van der Waals surface area contributed by atoms with Gasteiger partial charge in [0.1, 0.15) is 5.01 Å². The minimum Gasteiger partial charge on any atom is -0.357 e. The molecule has 23 heavy (non-hydrogen) atoms. The maximum absolute atomic E-state index is 12.5. The van der Waals surface area contributed by atoms with E-state index in [4.69, 9.17) is 0 Å². The Bertz CT molecular complexity index is 523. The highest BCUT2D eigenvalue weighted by Crippen LogP contribution is 2.30. The first-order chi connectivity index (χ1) is 10.6. The molecule has 2 N–H and O–H groups in total. The van der Waals surface area contributed by atoms with Gasteiger partial charge in [-0.25, -0.2) is 9.98 Å². The minimum atomic E-state index is -4.41. The molecule has 0 radical (unpaired) electrons. The van der Waals surface area contributed by atoms with Gasteiger partial charge in [0.2, 0.25) is 0 Å². The van der Waals surface area contributed by atoms with Crippen LogP contribution < -0.4 is 10.6 Å². The predicted molar refractivity (Wildman–Crippen MR) is 87.7 cm³/mol. The fourth-order valence-electron chi connectivity index (χ4n) is 1.46. The molecule has 0 atom stereocenters. The van der Waals surface area contributed by atoms with E-state index in [1.807, 2.05) is 21.0 Å². The average Bonchev–Trinajstić information content (AvgIpc) is 2.90. The Balaban J connectivity index is 2.70. The smallest absolute Gasteiger partial charge is 0.357 e. The second-order valence-corrected chi connectivity index (χ2v) is 6.82. The Morgan fingerprint density at radius 1 is 1.30 bits per heavy atom. The van der Waals surface area contributed by atoms with Crippen LogP contribution in [0, 0.1) is 0 Å². The van der Waals surface area contributed by atoms with Crippen LogP contribution in [0.4, 0.5) is 13.2 Å². The minimum absolute atomic E-state index is 0.0825. The molecular weight excluding hydrogens is 327 g/mol. The van der Waals surface area contributed by atoms with Crippen molar-refractivity contribution in [2.45, 2.75) is 39.0 Å². The van der Waals surface area contributed by atoms with Crippen LogP contribution >= 0.6 is 11.3 Å². The fourth-order valence-corrected chi connectivity index (χ4v) is 2.18. The van der Waals surface area contributed by atoms with Crippen molar-refractivity contribution in [2.24, 2.45) is 4.99 Å². The first-order valence-electron chi connectivity index (χ1n) is 7.27. The summed E-state index contributed by atoms with van der Waals surface area (Å²) < 4.78 is 37.6. The molecule has 0 aliphatic rings. The molecule has 1 heterocycles. The molecule has 0 fully saturated rings. The fraction of sp³-hybridized carbons (Fsp3) is 0.714. The molecule has 0 amide bonds. The third-order valence-electron chi connectivity index (χ3n) is 3.46. The second-order valence-electron chi connectivity index (χ2n) is 5.88. The second kappa shape index (κ2) is 7.96. The van der Waals surface area contributed by atoms with Crippen LogP contribution in [-0.4, -0.2) is 48.6 Å². The lowest BCUT2D eigenvalue weighted by Crippen LogP contribution is -2.50. The standard InChI is InChI=1S/C14H24F3N5S/c1-6-18-12(20-9-13(2,3)22(4)5)19-7-11-21-10(8-23-11)14(15,16)17/h8H,6-7,9H2,1-5H3,(H2,18,19,20). The van der Waals surface area contributed by atoms with E-state index < -0.39 is 11.9 Å². The molecule has 0 aliphatic heterocycles. The molecule has 132 valence electrons. The number of likely N-dealkylation sites (N-methyl/N-ethyl adjacent to an activating group) is 1. The van der Waals surface area contributed by atoms with Crippen LogP contribution in [0.15, 0.2) is 10.4 Å². The molecule has 0 saturated carbocycles. The number of alkyl halides is 3. The maximum atomic E-state index is 12.5. The molecule has 0 saturated heterocycles. The number of hydrogen-bond acceptors (Lipinski definition) is 4. The summed E-state index contributed by atoms with van der Waals surface area (Å²) in [7, 11) is 3.97. The number of aromatic nitrogens is 1. The van der Waals surface area contributed by atoms with Gasteiger partial charge < -0.3 is 15.5 Å². The number of rotatable bonds is 6. The van der Waals surface area contributed by atoms with Crippen molar-refractivity contribution >= 4 is 17.3 Å². The van der Waals surface area contributed by atoms with Crippen LogP contribution in [0.2, 0.25) is 0 Å². The molecule has 5 nitrogen and oxygen atoms in total. The van der Waals surface area contributed by atoms with Gasteiger partial charge in [0.15, 0.2) is 11.7 Å². The van der Waals surface area contributed by atoms with E-state index in [0.29, 0.717) is 24.1 Å². The topological polar surface area (TPSA) is 52.6 Å². The van der Waals surface area contributed by atoms with Gasteiger partial charge in [-0.05, 0) is 34.9 Å². The zero-order chi connectivity index (χ0) is 17.7. The van der Waals surface area contributed by atoms with Crippen LogP contribution in [0.5, 0.6) is 0 Å². The molecule has 1 aromatic rings. The number of nitrogens with one attached hydrogen (secondary N) is 2. The van der Waals surface area contributed by atoms with Crippen molar-refractivity contribution in [1.29, 1.82) is 0 Å². The number of aliphatic imine (C=N–C) groups is 1. The lowest BCUT2D eigenvalue weighted by molar-refractivity contribution is -0.140. The van der Waals surface area contributed by atoms with Crippen LogP contribution in [0.1, 0.15) is 31.5 Å². The highest BCUT2D eigenvalue weighted by atomic mass is 32.1. The quantitative estimate of drug-likeness (QED) is 0.611. The van der Waals surface area contributed by atoms with E-state index >= 15 is 0 Å². The zero-order valence-electron chi connectivity index (χ0n) is 14.1. The van der Waals surface area contributed by atoms with E-state index in [0.717, 1.165) is 16.7 Å². The predicted octanol–water partition coefficient (Wildman–Crippen LogP) is 2.56. The summed E-state index contributed by atoms with van der Waals surface area (Å²) in [4.78, 5) is 9.95. The zero-order valence-corrected chi connectivity index (χ0v) is 14.9. The summed E-state index contributed by atoms with van der Waals surface area (Å²) in [6, 6.07) is 0. The summed E-state index contributed by atoms with van der Waals surface area (Å²) in [5, 5.41) is 7.63. The molecular formula is C14H24F3N5S. The summed E-state index contributed by atoms with van der Waals surface area (Å²) in [5.74, 6) is 0.561. The molecule has 0 spiro atoms. The molecule has 1 rings (SSSR count). The molecule has 0 unspecified atom stereocenters. The Morgan fingerprint density at radius 3 is 2.43 bits per heavy atom. The van der Waals surface area contributed by atoms with Gasteiger partial charge in [0.05, 0.1) is 6.54 Å². The Kier molecular flexibility index (Phi) is 6.82. The lowest BCUT2D eigenvalue weighted by Gasteiger charge is -2.33. The van der Waals surface area contributed by atoms with E-state index in [1.165, 1.54) is 0 Å². The van der Waals surface area contributed by atoms with Gasteiger partial charge in [-0.3, -0.25) is 0 Å². The van der Waals surface area contributed by atoms with Crippen LogP contribution in [0.25, 0.3) is 0 Å². The normalized spacial score (nSPS) is 13.5. The largest absolute Gasteiger partial charge is 0.434 e. The summed E-state index contributed by atoms with van der Waals surface area (Å²) in [6.07, 6.45) is -4.41. The number of guanidine groups is 1. The van der Waals surface area contributed by atoms with E-state index in [1.54, 1.807) is 0 Å². The van der Waals surface area contributed by atoms with E-state index in [-0.39, 0.29) is 12.1 Å². The average molecular weight is 351 g/mol. The highest BCUT2D eigenvalue weighted by Gasteiger charge is 2.33. The van der Waals surface area contributed by atoms with Crippen molar-refractivity contribution in [2.75, 3.05) is 27.2 Å². The molecule has 0 bridgehead atoms. The highest BCUT2D eigenvalue weighted by molar-refractivity contribution is 7.09. The molecule has 0 aromatic carbocycles. The number of nitrogens with zero attached hydrogens (tertiary/aromatic N) is 3. The van der Waals surface area contributed by atoms with Crippen LogP contribution in [-0.2, 0) is 12.7 Å². The Labute approximate surface area is 139 Å². The monoisotopic (exact) mass is 351 g/mol. The number of hydrogen-bond donors (Lipinski definition) is 2. The first-order valence-corrected chi connectivity index (χ1v) is 8.15. The summed E-state index contributed by atoms with van der Waals surface area (Å²) in [6.45, 7) is 7.52. The van der Waals surface area contributed by atoms with Crippen molar-refractivity contribution in [3.8, 4) is 0 Å². The third-order valence-corrected chi connectivity index (χ3v) is 4.29. The van der Waals surface area contributed by atoms with Gasteiger partial charge >= 0.3 is 6.18 Å². The van der Waals surface area contributed by atoms with Gasteiger partial charge in [0.25, 0.3) is 0 Å². The van der Waals surface area contributed by atoms with Crippen molar-refractivity contribution < 1.29 is 13.2 Å². The Morgan fingerprint density at radius 2 is 1.96 bits per heavy atom. The number of thiazole rings is 1. The molecule has 0 aliphatic carbocycles. The summed E-state index contributed by atoms with van der Waals surface area (Å²) >= 11 is 0.963. The van der Waals surface area contributed by atoms with Crippen molar-refractivity contribution in [1.82, 2.24) is 20.5 Å².